The number of nitrogens with one attached hydrogen (secondary N) is 4. The Morgan fingerprint density at radius 1 is 0.800 bits per heavy atom. The molecule has 3 aromatic carbocycles. The molecule has 5 rings (SSSR count). The predicted molar refractivity (Wildman–Crippen MR) is 169 cm³/mol. The van der Waals surface area contributed by atoms with E-state index in [1.807, 2.05) is 84.9 Å². The topological polar surface area (TPSA) is 142 Å². The van der Waals surface area contributed by atoms with E-state index in [2.05, 4.69) is 20.9 Å². The normalized spacial score (nSPS) is 17.5. The number of aromatic nitrogens is 1. The van der Waals surface area contributed by atoms with E-state index in [0.29, 0.717) is 0 Å². The van der Waals surface area contributed by atoms with Gasteiger partial charge in [-0.2, -0.15) is 0 Å². The van der Waals surface area contributed by atoms with Gasteiger partial charge < -0.3 is 30.4 Å². The number of H-pyrrole nitrogens is 1. The van der Waals surface area contributed by atoms with Gasteiger partial charge in [-0.3, -0.25) is 14.4 Å². The van der Waals surface area contributed by atoms with Gasteiger partial charge in [0.15, 0.2) is 5.78 Å². The number of aromatic amines is 1. The number of para-hydroxylation sites is 1. The van der Waals surface area contributed by atoms with E-state index in [9.17, 15) is 19.2 Å². The molecule has 10 heteroatoms. The first-order chi connectivity index (χ1) is 21.8. The lowest BCUT2D eigenvalue weighted by Crippen LogP contribution is -2.57. The van der Waals surface area contributed by atoms with Crippen LogP contribution in [-0.2, 0) is 43.3 Å². The second kappa shape index (κ2) is 14.2. The van der Waals surface area contributed by atoms with Gasteiger partial charge in [-0.15, -0.1) is 0 Å². The van der Waals surface area contributed by atoms with Gasteiger partial charge in [0.2, 0.25) is 11.8 Å². The molecule has 0 bridgehead atoms. The highest BCUT2D eigenvalue weighted by Crippen LogP contribution is 2.29. The number of ketones is 1. The molecular weight excluding hydrogens is 572 g/mol. The van der Waals surface area contributed by atoms with Crippen molar-refractivity contribution in [1.82, 2.24) is 20.9 Å². The molecule has 4 N–H and O–H groups in total. The number of alkyl carbamates (subject to hydrolysis) is 1. The third-order valence-electron chi connectivity index (χ3n) is 7.98. The van der Waals surface area contributed by atoms with E-state index >= 15 is 0 Å². The van der Waals surface area contributed by atoms with E-state index in [1.165, 1.54) is 0 Å². The Hall–Kier alpha value is -4.96. The molecule has 1 aliphatic rings. The molecular formula is C35H38N4O6. The number of hydrogen-bond acceptors (Lipinski definition) is 6. The lowest BCUT2D eigenvalue weighted by molar-refractivity contribution is -0.133. The van der Waals surface area contributed by atoms with Gasteiger partial charge in [0.05, 0.1) is 12.6 Å². The highest BCUT2D eigenvalue weighted by atomic mass is 16.6. The lowest BCUT2D eigenvalue weighted by Gasteiger charge is -2.25. The van der Waals surface area contributed by atoms with Crippen molar-refractivity contribution in [2.24, 2.45) is 0 Å². The van der Waals surface area contributed by atoms with Gasteiger partial charge in [-0.05, 0) is 42.5 Å². The molecule has 234 valence electrons. The summed E-state index contributed by atoms with van der Waals surface area (Å²) in [6.45, 7) is 3.79. The maximum absolute atomic E-state index is 13.9. The smallest absolute Gasteiger partial charge is 0.408 e. The van der Waals surface area contributed by atoms with Gasteiger partial charge in [0.25, 0.3) is 0 Å². The zero-order valence-corrected chi connectivity index (χ0v) is 25.4. The van der Waals surface area contributed by atoms with Gasteiger partial charge in [-0.1, -0.05) is 85.8 Å². The first-order valence-electron chi connectivity index (χ1n) is 15.1. The summed E-state index contributed by atoms with van der Waals surface area (Å²) in [5.41, 5.74) is 2.44. The highest BCUT2D eigenvalue weighted by Gasteiger charge is 2.50. The minimum atomic E-state index is -1.05. The Morgan fingerprint density at radius 2 is 1.40 bits per heavy atom. The highest BCUT2D eigenvalue weighted by molar-refractivity contribution is 5.98. The van der Waals surface area contributed by atoms with Crippen molar-refractivity contribution in [3.05, 3.63) is 108 Å². The summed E-state index contributed by atoms with van der Waals surface area (Å²) in [6, 6.07) is 23.4. The van der Waals surface area contributed by atoms with Crippen molar-refractivity contribution >= 4 is 34.6 Å². The summed E-state index contributed by atoms with van der Waals surface area (Å²) in [4.78, 5) is 56.7. The molecule has 1 fully saturated rings. The van der Waals surface area contributed by atoms with Crippen molar-refractivity contribution in [2.45, 2.75) is 63.4 Å². The first-order valence-corrected chi connectivity index (χ1v) is 15.1. The third kappa shape index (κ3) is 8.16. The molecule has 0 radical (unpaired) electrons. The average molecular weight is 611 g/mol. The van der Waals surface area contributed by atoms with Crippen molar-refractivity contribution < 1.29 is 28.7 Å². The molecule has 2 heterocycles. The van der Waals surface area contributed by atoms with Crippen molar-refractivity contribution in [3.8, 4) is 0 Å². The molecule has 3 amide bonds. The zero-order chi connectivity index (χ0) is 31.8. The second-order valence-corrected chi connectivity index (χ2v) is 11.4. The van der Waals surface area contributed by atoms with Crippen LogP contribution in [-0.4, -0.2) is 59.0 Å². The molecule has 45 heavy (non-hydrogen) atoms. The quantitative estimate of drug-likeness (QED) is 0.159. The monoisotopic (exact) mass is 610 g/mol. The predicted octanol–water partition coefficient (Wildman–Crippen LogP) is 3.99. The number of carbonyl (C=O) groups excluding carboxylic acids is 4. The molecule has 1 aliphatic heterocycles. The Balaban J connectivity index is 1.33. The zero-order valence-electron chi connectivity index (χ0n) is 25.4. The molecule has 4 aromatic rings. The molecule has 1 saturated heterocycles. The number of fused-ring (bicyclic) bond motifs is 1. The number of rotatable bonds is 14. The molecule has 0 spiro atoms. The van der Waals surface area contributed by atoms with Crippen molar-refractivity contribution in [1.29, 1.82) is 0 Å². The van der Waals surface area contributed by atoms with Crippen LogP contribution in [0, 0.1) is 0 Å². The van der Waals surface area contributed by atoms with Crippen LogP contribution in [0.3, 0.4) is 0 Å². The Labute approximate surface area is 261 Å². The number of hydrogen-bond donors (Lipinski definition) is 4. The fourth-order valence-corrected chi connectivity index (χ4v) is 5.21. The second-order valence-electron chi connectivity index (χ2n) is 11.4. The molecule has 0 aliphatic carbocycles. The molecule has 0 saturated carbocycles. The summed E-state index contributed by atoms with van der Waals surface area (Å²) >= 11 is 0. The molecule has 1 aromatic heterocycles. The van der Waals surface area contributed by atoms with Crippen molar-refractivity contribution in [2.75, 3.05) is 6.61 Å². The number of benzene rings is 3. The van der Waals surface area contributed by atoms with Crippen molar-refractivity contribution in [3.63, 3.8) is 0 Å². The number of epoxide rings is 1. The van der Waals surface area contributed by atoms with Crippen LogP contribution in [0.15, 0.2) is 91.1 Å². The van der Waals surface area contributed by atoms with Crippen LogP contribution < -0.4 is 16.0 Å². The molecule has 1 unspecified atom stereocenters. The summed E-state index contributed by atoms with van der Waals surface area (Å²) < 4.78 is 10.7. The largest absolute Gasteiger partial charge is 0.445 e. The fraction of sp³-hybridized carbons (Fsp3) is 0.314. The lowest BCUT2D eigenvalue weighted by atomic mass is 9.94. The number of amides is 3. The number of carbonyl (C=O) groups is 4. The van der Waals surface area contributed by atoms with E-state index in [0.717, 1.165) is 27.6 Å². The average Bonchev–Trinajstić information content (AvgIpc) is 3.69. The van der Waals surface area contributed by atoms with Crippen LogP contribution in [0.5, 0.6) is 0 Å². The molecule has 4 atom stereocenters. The van der Waals surface area contributed by atoms with Crippen LogP contribution in [0.2, 0.25) is 0 Å². The van der Waals surface area contributed by atoms with Crippen LogP contribution in [0.25, 0.3) is 10.9 Å². The van der Waals surface area contributed by atoms with Gasteiger partial charge in [0, 0.05) is 23.5 Å². The Kier molecular flexibility index (Phi) is 9.94. The van der Waals surface area contributed by atoms with Crippen LogP contribution in [0.4, 0.5) is 4.79 Å². The SMILES string of the molecule is CCC(NC(=O)OCc1ccccc1)C(=O)N[C@@H](Cc1c[nH]c2ccccc12)C(=O)N[C@@H](Cc1ccccc1)C(=O)[C@@]1(C)CO1. The van der Waals surface area contributed by atoms with Gasteiger partial charge in [0.1, 0.15) is 24.3 Å². The Morgan fingerprint density at radius 3 is 2.07 bits per heavy atom. The summed E-state index contributed by atoms with van der Waals surface area (Å²) in [5, 5.41) is 9.26. The van der Waals surface area contributed by atoms with Gasteiger partial charge >= 0.3 is 6.09 Å². The van der Waals surface area contributed by atoms with Gasteiger partial charge in [-0.25, -0.2) is 4.79 Å². The van der Waals surface area contributed by atoms with E-state index in [1.54, 1.807) is 20.0 Å². The van der Waals surface area contributed by atoms with E-state index in [4.69, 9.17) is 9.47 Å². The first kappa shape index (κ1) is 31.5. The minimum Gasteiger partial charge on any atom is -0.445 e. The maximum Gasteiger partial charge on any atom is 0.408 e. The summed E-state index contributed by atoms with van der Waals surface area (Å²) in [6.07, 6.45) is 1.74. The minimum absolute atomic E-state index is 0.0514. The number of ether oxygens (including phenoxy) is 2. The standard InChI is InChI=1S/C35H38N4O6/c1-3-27(39-34(43)44-21-24-14-8-5-9-15-24)32(41)38-30(19-25-20-36-28-17-11-10-16-26(25)28)33(42)37-29(31(40)35(2)22-45-35)18-23-12-6-4-7-13-23/h4-17,20,27,29-30,36H,3,18-19,21-22H2,1-2H3,(H,37,42)(H,38,41)(H,39,43)/t27?,29-,30-,35+/m0/s1. The number of Topliss-reactive ketones (excluding diaryl/α,β-unsaturated/α-hetero) is 1. The Bertz CT molecular complexity index is 1630. The summed E-state index contributed by atoms with van der Waals surface area (Å²) in [7, 11) is 0. The van der Waals surface area contributed by atoms with E-state index < -0.39 is 41.6 Å². The van der Waals surface area contributed by atoms with Crippen LogP contribution >= 0.6 is 0 Å². The fourth-order valence-electron chi connectivity index (χ4n) is 5.21. The van der Waals surface area contributed by atoms with Crippen LogP contribution in [0.1, 0.15) is 37.0 Å². The molecule has 10 nitrogen and oxygen atoms in total. The maximum atomic E-state index is 13.9. The van der Waals surface area contributed by atoms with E-state index in [-0.39, 0.29) is 38.3 Å². The summed E-state index contributed by atoms with van der Waals surface area (Å²) in [5.74, 6) is -1.29. The third-order valence-corrected chi connectivity index (χ3v) is 7.98.